The van der Waals surface area contributed by atoms with Crippen molar-refractivity contribution in [2.24, 2.45) is 23.7 Å². The lowest BCUT2D eigenvalue weighted by Crippen LogP contribution is -2.64. The molecule has 7 heteroatoms. The molecule has 6 rings (SSSR count). The Hall–Kier alpha value is -2.90. The molecule has 2 aromatic rings. The molecule has 4 aliphatic rings. The predicted octanol–water partition coefficient (Wildman–Crippen LogP) is 3.89. The molecule has 202 valence electrons. The fourth-order valence-electron chi connectivity index (χ4n) is 7.69. The molecule has 2 aromatic carbocycles. The summed E-state index contributed by atoms with van der Waals surface area (Å²) in [6.45, 7) is 0. The number of aliphatic hydroxyl groups is 2. The molecule has 2 saturated heterocycles. The van der Waals surface area contributed by atoms with Gasteiger partial charge in [-0.2, -0.15) is 0 Å². The highest BCUT2D eigenvalue weighted by Crippen LogP contribution is 2.47. The molecule has 0 spiro atoms. The number of nitrogens with one attached hydrogen (secondary N) is 2. The lowest BCUT2D eigenvalue weighted by atomic mass is 9.61. The highest BCUT2D eigenvalue weighted by atomic mass is 16.5. The normalized spacial score (nSPS) is 35.7. The topological polar surface area (TPSA) is 108 Å². The second-order valence-electron chi connectivity index (χ2n) is 11.7. The lowest BCUT2D eigenvalue weighted by Gasteiger charge is -2.50. The average Bonchev–Trinajstić information content (AvgIpc) is 2.93. The SMILES string of the molecule is O=C1NC2CCCCC2C(O)C1C(c1cccc(Oc2ccccc2)c1)C1C(=O)NC2CCCCC2C1O. The number of hydrogen-bond donors (Lipinski definition) is 4. The molecule has 7 nitrogen and oxygen atoms in total. The van der Waals surface area contributed by atoms with E-state index in [1.807, 2.05) is 54.6 Å². The Morgan fingerprint density at radius 1 is 0.684 bits per heavy atom. The first-order valence-electron chi connectivity index (χ1n) is 14.3. The highest BCUT2D eigenvalue weighted by molar-refractivity contribution is 5.86. The van der Waals surface area contributed by atoms with Crippen molar-refractivity contribution in [1.29, 1.82) is 0 Å². The quantitative estimate of drug-likeness (QED) is 0.480. The lowest BCUT2D eigenvalue weighted by molar-refractivity contribution is -0.150. The molecule has 8 unspecified atom stereocenters. The summed E-state index contributed by atoms with van der Waals surface area (Å²) in [5.41, 5.74) is 0.723. The van der Waals surface area contributed by atoms with E-state index in [9.17, 15) is 19.8 Å². The van der Waals surface area contributed by atoms with Gasteiger partial charge in [0.15, 0.2) is 0 Å². The van der Waals surface area contributed by atoms with Crippen LogP contribution < -0.4 is 15.4 Å². The third kappa shape index (κ3) is 4.71. The Balaban J connectivity index is 1.40. The van der Waals surface area contributed by atoms with Crippen molar-refractivity contribution in [1.82, 2.24) is 10.6 Å². The van der Waals surface area contributed by atoms with Gasteiger partial charge in [-0.05, 0) is 55.5 Å². The number of para-hydroxylation sites is 1. The summed E-state index contributed by atoms with van der Waals surface area (Å²) >= 11 is 0. The average molecular weight is 519 g/mol. The largest absolute Gasteiger partial charge is 0.457 e. The van der Waals surface area contributed by atoms with Crippen LogP contribution in [0.25, 0.3) is 0 Å². The summed E-state index contributed by atoms with van der Waals surface area (Å²) < 4.78 is 6.10. The molecule has 2 amide bonds. The van der Waals surface area contributed by atoms with Crippen LogP contribution in [0.1, 0.15) is 62.8 Å². The van der Waals surface area contributed by atoms with Gasteiger partial charge in [-0.15, -0.1) is 0 Å². The van der Waals surface area contributed by atoms with Crippen molar-refractivity contribution in [3.8, 4) is 11.5 Å². The van der Waals surface area contributed by atoms with E-state index in [1.54, 1.807) is 0 Å². The fraction of sp³-hybridized carbons (Fsp3) is 0.548. The number of fused-ring (bicyclic) bond motifs is 2. The van der Waals surface area contributed by atoms with Gasteiger partial charge in [-0.1, -0.05) is 56.0 Å². The van der Waals surface area contributed by atoms with Crippen molar-refractivity contribution >= 4 is 11.8 Å². The van der Waals surface area contributed by atoms with E-state index in [1.165, 1.54) is 0 Å². The van der Waals surface area contributed by atoms with E-state index in [2.05, 4.69) is 10.6 Å². The molecule has 38 heavy (non-hydrogen) atoms. The number of hydrogen-bond acceptors (Lipinski definition) is 5. The van der Waals surface area contributed by atoms with E-state index in [4.69, 9.17) is 4.74 Å². The van der Waals surface area contributed by atoms with Crippen LogP contribution in [0.3, 0.4) is 0 Å². The molecule has 2 heterocycles. The van der Waals surface area contributed by atoms with Crippen LogP contribution in [0, 0.1) is 23.7 Å². The number of piperidine rings is 2. The Labute approximate surface area is 224 Å². The molecule has 4 N–H and O–H groups in total. The van der Waals surface area contributed by atoms with Crippen molar-refractivity contribution < 1.29 is 24.5 Å². The molecular formula is C31H38N2O5. The maximum absolute atomic E-state index is 13.7. The highest BCUT2D eigenvalue weighted by Gasteiger charge is 2.55. The molecule has 2 aliphatic heterocycles. The maximum Gasteiger partial charge on any atom is 0.226 e. The first kappa shape index (κ1) is 25.4. The second-order valence-corrected chi connectivity index (χ2v) is 11.7. The number of ether oxygens (including phenoxy) is 1. The van der Waals surface area contributed by atoms with Gasteiger partial charge in [0.1, 0.15) is 11.5 Å². The predicted molar refractivity (Wildman–Crippen MR) is 142 cm³/mol. The Morgan fingerprint density at radius 2 is 1.21 bits per heavy atom. The zero-order valence-corrected chi connectivity index (χ0v) is 21.7. The van der Waals surface area contributed by atoms with Crippen LogP contribution in [-0.4, -0.2) is 46.3 Å². The van der Waals surface area contributed by atoms with Crippen LogP contribution in [0.4, 0.5) is 0 Å². The van der Waals surface area contributed by atoms with Crippen molar-refractivity contribution in [2.45, 2.75) is 81.6 Å². The molecule has 2 saturated carbocycles. The number of amides is 2. The van der Waals surface area contributed by atoms with Gasteiger partial charge in [0.25, 0.3) is 0 Å². The zero-order valence-electron chi connectivity index (χ0n) is 21.7. The van der Waals surface area contributed by atoms with E-state index in [0.717, 1.165) is 56.9 Å². The van der Waals surface area contributed by atoms with Gasteiger partial charge >= 0.3 is 0 Å². The van der Waals surface area contributed by atoms with Crippen LogP contribution in [0.2, 0.25) is 0 Å². The summed E-state index contributed by atoms with van der Waals surface area (Å²) in [5.74, 6) is -1.67. The maximum atomic E-state index is 13.7. The molecule has 0 aromatic heterocycles. The number of benzene rings is 2. The van der Waals surface area contributed by atoms with E-state index < -0.39 is 30.0 Å². The van der Waals surface area contributed by atoms with Crippen LogP contribution in [-0.2, 0) is 9.59 Å². The summed E-state index contributed by atoms with van der Waals surface area (Å²) in [5, 5.41) is 29.8. The fourth-order valence-corrected chi connectivity index (χ4v) is 7.69. The van der Waals surface area contributed by atoms with Crippen LogP contribution >= 0.6 is 0 Å². The number of rotatable bonds is 5. The molecular weight excluding hydrogens is 480 g/mol. The Kier molecular flexibility index (Phi) is 7.14. The zero-order chi connectivity index (χ0) is 26.2. The summed E-state index contributed by atoms with van der Waals surface area (Å²) in [6.07, 6.45) is 5.74. The first-order chi connectivity index (χ1) is 18.5. The molecule has 2 aliphatic carbocycles. The smallest absolute Gasteiger partial charge is 0.226 e. The van der Waals surface area contributed by atoms with Crippen molar-refractivity contribution in [2.75, 3.05) is 0 Å². The Morgan fingerprint density at radius 3 is 1.79 bits per heavy atom. The van der Waals surface area contributed by atoms with Gasteiger partial charge in [-0.3, -0.25) is 9.59 Å². The van der Waals surface area contributed by atoms with Gasteiger partial charge in [-0.25, -0.2) is 0 Å². The monoisotopic (exact) mass is 518 g/mol. The van der Waals surface area contributed by atoms with Gasteiger partial charge in [0.2, 0.25) is 11.8 Å². The molecule has 4 fully saturated rings. The van der Waals surface area contributed by atoms with Gasteiger partial charge in [0, 0.05) is 29.8 Å². The third-order valence-electron chi connectivity index (χ3n) is 9.51. The van der Waals surface area contributed by atoms with E-state index in [0.29, 0.717) is 11.5 Å². The van der Waals surface area contributed by atoms with E-state index >= 15 is 0 Å². The molecule has 8 atom stereocenters. The van der Waals surface area contributed by atoms with E-state index in [-0.39, 0.29) is 35.7 Å². The van der Waals surface area contributed by atoms with Crippen molar-refractivity contribution in [3.63, 3.8) is 0 Å². The van der Waals surface area contributed by atoms with Crippen molar-refractivity contribution in [3.05, 3.63) is 60.2 Å². The minimum absolute atomic E-state index is 0.0382. The second kappa shape index (κ2) is 10.7. The first-order valence-corrected chi connectivity index (χ1v) is 14.3. The number of carbonyl (C=O) groups excluding carboxylic acids is 2. The van der Waals surface area contributed by atoms with Gasteiger partial charge in [0.05, 0.1) is 24.0 Å². The minimum atomic E-state index is -0.887. The molecule has 0 radical (unpaired) electrons. The number of carbonyl (C=O) groups is 2. The van der Waals surface area contributed by atoms with Crippen LogP contribution in [0.5, 0.6) is 11.5 Å². The summed E-state index contributed by atoms with van der Waals surface area (Å²) in [4.78, 5) is 27.3. The third-order valence-corrected chi connectivity index (χ3v) is 9.51. The minimum Gasteiger partial charge on any atom is -0.457 e. The van der Waals surface area contributed by atoms with Crippen LogP contribution in [0.15, 0.2) is 54.6 Å². The summed E-state index contributed by atoms with van der Waals surface area (Å²) in [7, 11) is 0. The Bertz CT molecular complexity index is 1110. The summed E-state index contributed by atoms with van der Waals surface area (Å²) in [6, 6.07) is 16.8. The van der Waals surface area contributed by atoms with Gasteiger partial charge < -0.3 is 25.6 Å². The molecule has 0 bridgehead atoms. The number of aliphatic hydroxyl groups excluding tert-OH is 2. The standard InChI is InChI=1S/C31H38N2O5/c34-28-21-13-4-6-15-23(21)32-30(36)26(28)25(27-29(35)22-14-5-7-16-24(22)33-31(27)37)18-9-8-12-20(17-18)38-19-10-2-1-3-11-19/h1-3,8-12,17,21-29,34-35H,4-7,13-16H2,(H,32,36)(H,33,37).